The summed E-state index contributed by atoms with van der Waals surface area (Å²) in [4.78, 5) is 15.3. The summed E-state index contributed by atoms with van der Waals surface area (Å²) in [6.45, 7) is 0. The fourth-order valence-corrected chi connectivity index (χ4v) is 4.29. The first-order valence-electron chi connectivity index (χ1n) is 8.89. The third-order valence-corrected chi connectivity index (χ3v) is 5.98. The van der Waals surface area contributed by atoms with Gasteiger partial charge in [-0.05, 0) is 83.3 Å². The molecule has 3 aromatic rings. The van der Waals surface area contributed by atoms with Gasteiger partial charge in [0, 0.05) is 25.0 Å². The fraction of sp³-hybridized carbons (Fsp3) is 0.136. The number of carbonyl (C=O) groups excluding carboxylic acids is 1. The lowest BCUT2D eigenvalue weighted by atomic mass is 10.0. The predicted molar refractivity (Wildman–Crippen MR) is 126 cm³/mol. The molecule has 0 aliphatic carbocycles. The highest BCUT2D eigenvalue weighted by Gasteiger charge is 2.35. The summed E-state index contributed by atoms with van der Waals surface area (Å²) < 4.78 is 12.8. The second kappa shape index (κ2) is 8.23. The van der Waals surface area contributed by atoms with E-state index in [4.69, 9.17) is 9.47 Å². The van der Waals surface area contributed by atoms with Gasteiger partial charge in [0.05, 0.1) is 19.8 Å². The van der Waals surface area contributed by atoms with Gasteiger partial charge in [-0.15, -0.1) is 0 Å². The van der Waals surface area contributed by atoms with Crippen LogP contribution in [0.3, 0.4) is 0 Å². The summed E-state index contributed by atoms with van der Waals surface area (Å²) in [6, 6.07) is 19.1. The Morgan fingerprint density at radius 2 is 1.76 bits per heavy atom. The summed E-state index contributed by atoms with van der Waals surface area (Å²) >= 11 is 5.76. The number of ether oxygens (including phenoxy) is 2. The molecule has 1 aliphatic rings. The van der Waals surface area contributed by atoms with Crippen molar-refractivity contribution in [3.8, 4) is 11.5 Å². The Kier molecular flexibility index (Phi) is 5.69. The maximum atomic E-state index is 13.6. The lowest BCUT2D eigenvalue weighted by molar-refractivity contribution is 0.0974. The number of hydrogen-bond donors (Lipinski definition) is 1. The minimum atomic E-state index is -0.434. The molecule has 3 aromatic carbocycles. The molecule has 29 heavy (non-hydrogen) atoms. The zero-order valence-corrected chi connectivity index (χ0v) is 19.5. The molecule has 1 N–H and O–H groups in total. The number of amides is 1. The van der Waals surface area contributed by atoms with E-state index < -0.39 is 6.17 Å². The Balaban J connectivity index is 1.89. The topological polar surface area (TPSA) is 50.8 Å². The maximum Gasteiger partial charge on any atom is 0.262 e. The van der Waals surface area contributed by atoms with Crippen molar-refractivity contribution in [3.63, 3.8) is 0 Å². The van der Waals surface area contributed by atoms with Gasteiger partial charge in [0.2, 0.25) is 0 Å². The molecule has 0 fully saturated rings. The van der Waals surface area contributed by atoms with Crippen molar-refractivity contribution >= 4 is 55.8 Å². The number of anilines is 2. The number of halogens is 2. The molecule has 1 heterocycles. The fourth-order valence-electron chi connectivity index (χ4n) is 3.42. The van der Waals surface area contributed by atoms with Gasteiger partial charge in [0.1, 0.15) is 17.7 Å². The van der Waals surface area contributed by atoms with Gasteiger partial charge in [-0.1, -0.05) is 15.9 Å². The largest absolute Gasteiger partial charge is 0.497 e. The highest BCUT2D eigenvalue weighted by Crippen LogP contribution is 2.41. The van der Waals surface area contributed by atoms with E-state index >= 15 is 0 Å². The van der Waals surface area contributed by atoms with Crippen LogP contribution in [0.5, 0.6) is 11.5 Å². The molecule has 0 saturated carbocycles. The van der Waals surface area contributed by atoms with Gasteiger partial charge in [-0.3, -0.25) is 9.69 Å². The molecule has 0 radical (unpaired) electrons. The van der Waals surface area contributed by atoms with Gasteiger partial charge in [0.15, 0.2) is 0 Å². The third-order valence-electron chi connectivity index (χ3n) is 4.82. The van der Waals surface area contributed by atoms with Crippen LogP contribution >= 0.6 is 38.5 Å². The smallest absolute Gasteiger partial charge is 0.262 e. The molecule has 7 heteroatoms. The van der Waals surface area contributed by atoms with Gasteiger partial charge in [-0.2, -0.15) is 0 Å². The van der Waals surface area contributed by atoms with Crippen LogP contribution in [0.4, 0.5) is 11.4 Å². The molecule has 5 nitrogen and oxygen atoms in total. The van der Waals surface area contributed by atoms with Crippen molar-refractivity contribution in [2.24, 2.45) is 0 Å². The molecular weight excluding hydrogens is 547 g/mol. The van der Waals surface area contributed by atoms with Crippen LogP contribution in [-0.4, -0.2) is 20.1 Å². The van der Waals surface area contributed by atoms with Crippen LogP contribution in [0, 0.1) is 3.57 Å². The second-order valence-electron chi connectivity index (χ2n) is 6.50. The number of nitrogens with zero attached hydrogens (tertiary/aromatic N) is 1. The normalized spacial score (nSPS) is 15.5. The Labute approximate surface area is 191 Å². The Bertz CT molecular complexity index is 1070. The van der Waals surface area contributed by atoms with Crippen molar-refractivity contribution in [2.75, 3.05) is 24.4 Å². The first-order valence-corrected chi connectivity index (χ1v) is 10.8. The summed E-state index contributed by atoms with van der Waals surface area (Å²) in [5.41, 5.74) is 3.06. The van der Waals surface area contributed by atoms with E-state index in [-0.39, 0.29) is 5.91 Å². The van der Waals surface area contributed by atoms with E-state index in [1.165, 1.54) is 0 Å². The number of hydrogen-bond acceptors (Lipinski definition) is 4. The SMILES string of the molecule is COc1ccc(N2C(=O)c3cc(I)ccc3NC2c2cc(Br)ccc2OC)cc1. The Morgan fingerprint density at radius 1 is 1.00 bits per heavy atom. The molecular formula is C22H18BrIN2O3. The van der Waals surface area contributed by atoms with Gasteiger partial charge < -0.3 is 14.8 Å². The Morgan fingerprint density at radius 3 is 2.45 bits per heavy atom. The zero-order chi connectivity index (χ0) is 20.5. The summed E-state index contributed by atoms with van der Waals surface area (Å²) in [7, 11) is 3.25. The van der Waals surface area contributed by atoms with Crippen LogP contribution in [0.15, 0.2) is 65.1 Å². The molecule has 1 amide bonds. The van der Waals surface area contributed by atoms with Crippen LogP contribution in [0.2, 0.25) is 0 Å². The quantitative estimate of drug-likeness (QED) is 0.404. The lowest BCUT2D eigenvalue weighted by Gasteiger charge is -2.38. The van der Waals surface area contributed by atoms with E-state index in [0.29, 0.717) is 11.3 Å². The van der Waals surface area contributed by atoms with E-state index in [1.54, 1.807) is 19.1 Å². The molecule has 1 aliphatic heterocycles. The number of carbonyl (C=O) groups is 1. The number of fused-ring (bicyclic) bond motifs is 1. The molecule has 148 valence electrons. The van der Waals surface area contributed by atoms with Crippen molar-refractivity contribution < 1.29 is 14.3 Å². The van der Waals surface area contributed by atoms with Crippen LogP contribution in [0.1, 0.15) is 22.1 Å². The van der Waals surface area contributed by atoms with Crippen LogP contribution < -0.4 is 19.7 Å². The Hall–Kier alpha value is -2.26. The first kappa shape index (κ1) is 20.0. The average molecular weight is 565 g/mol. The van der Waals surface area contributed by atoms with E-state index in [0.717, 1.165) is 30.7 Å². The second-order valence-corrected chi connectivity index (χ2v) is 8.66. The third kappa shape index (κ3) is 3.81. The standard InChI is InChI=1S/C22H18BrIN2O3/c1-28-16-7-5-15(6-8-16)26-21(18-11-13(23)3-10-20(18)29-2)25-19-9-4-14(24)12-17(19)22(26)27/h3-12,21,25H,1-2H3. The average Bonchev–Trinajstić information content (AvgIpc) is 2.74. The summed E-state index contributed by atoms with van der Waals surface area (Å²) in [5, 5.41) is 3.52. The van der Waals surface area contributed by atoms with Crippen molar-refractivity contribution in [1.82, 2.24) is 0 Å². The lowest BCUT2D eigenvalue weighted by Crippen LogP contribution is -2.43. The number of benzene rings is 3. The summed E-state index contributed by atoms with van der Waals surface area (Å²) in [5.74, 6) is 1.36. The molecule has 0 saturated heterocycles. The van der Waals surface area contributed by atoms with Gasteiger partial charge >= 0.3 is 0 Å². The molecule has 1 atom stereocenters. The van der Waals surface area contributed by atoms with E-state index in [2.05, 4.69) is 43.8 Å². The highest BCUT2D eigenvalue weighted by molar-refractivity contribution is 14.1. The van der Waals surface area contributed by atoms with Crippen LogP contribution in [-0.2, 0) is 0 Å². The molecule has 0 bridgehead atoms. The van der Waals surface area contributed by atoms with Crippen molar-refractivity contribution in [2.45, 2.75) is 6.17 Å². The van der Waals surface area contributed by atoms with E-state index in [9.17, 15) is 4.79 Å². The van der Waals surface area contributed by atoms with Gasteiger partial charge in [-0.25, -0.2) is 0 Å². The number of rotatable bonds is 4. The minimum absolute atomic E-state index is 0.0746. The maximum absolute atomic E-state index is 13.6. The number of methoxy groups -OCH3 is 2. The molecule has 0 spiro atoms. The van der Waals surface area contributed by atoms with Crippen molar-refractivity contribution in [3.05, 3.63) is 79.8 Å². The minimum Gasteiger partial charge on any atom is -0.497 e. The van der Waals surface area contributed by atoms with Gasteiger partial charge in [0.25, 0.3) is 5.91 Å². The first-order chi connectivity index (χ1) is 14.0. The molecule has 0 aromatic heterocycles. The predicted octanol–water partition coefficient (Wildman–Crippen LogP) is 5.84. The zero-order valence-electron chi connectivity index (χ0n) is 15.8. The van der Waals surface area contributed by atoms with E-state index in [1.807, 2.05) is 60.7 Å². The number of nitrogens with one attached hydrogen (secondary N) is 1. The van der Waals surface area contributed by atoms with Crippen molar-refractivity contribution in [1.29, 1.82) is 0 Å². The molecule has 1 unspecified atom stereocenters. The molecule has 4 rings (SSSR count). The summed E-state index contributed by atoms with van der Waals surface area (Å²) in [6.07, 6.45) is -0.434. The van der Waals surface area contributed by atoms with Crippen LogP contribution in [0.25, 0.3) is 0 Å². The monoisotopic (exact) mass is 564 g/mol. The highest BCUT2D eigenvalue weighted by atomic mass is 127.